The molecule has 0 heterocycles. The first-order valence-electron chi connectivity index (χ1n) is 5.05. The lowest BCUT2D eigenvalue weighted by molar-refractivity contribution is -0.172. The summed E-state index contributed by atoms with van der Waals surface area (Å²) in [6.45, 7) is -2.09. The molecule has 0 bridgehead atoms. The van der Waals surface area contributed by atoms with Crippen LogP contribution in [0.3, 0.4) is 0 Å². The highest BCUT2D eigenvalue weighted by Gasteiger charge is 2.28. The molecule has 108 valence electrons. The molecule has 0 saturated heterocycles. The van der Waals surface area contributed by atoms with E-state index in [-0.39, 0.29) is 15.6 Å². The van der Waals surface area contributed by atoms with Crippen molar-refractivity contribution < 1.29 is 26.3 Å². The molecule has 0 fully saturated rings. The highest BCUT2D eigenvalue weighted by molar-refractivity contribution is 7.91. The number of sulfone groups is 1. The van der Waals surface area contributed by atoms with Crippen LogP contribution in [0, 0.1) is 0 Å². The van der Waals surface area contributed by atoms with Crippen molar-refractivity contribution in [3.63, 3.8) is 0 Å². The second kappa shape index (κ2) is 5.98. The Morgan fingerprint density at radius 1 is 1.32 bits per heavy atom. The Morgan fingerprint density at radius 3 is 2.47 bits per heavy atom. The Kier molecular flexibility index (Phi) is 5.05. The zero-order chi connectivity index (χ0) is 14.7. The van der Waals surface area contributed by atoms with Gasteiger partial charge in [-0.15, -0.1) is 0 Å². The molecule has 0 aliphatic rings. The fraction of sp³-hybridized carbons (Fsp3) is 0.400. The molecule has 0 unspecified atom stereocenters. The third-order valence-corrected chi connectivity index (χ3v) is 4.28. The van der Waals surface area contributed by atoms with E-state index in [1.807, 2.05) is 0 Å². The van der Waals surface area contributed by atoms with Crippen LogP contribution >= 0.6 is 11.6 Å². The lowest BCUT2D eigenvalue weighted by Gasteiger charge is -2.10. The van der Waals surface area contributed by atoms with Gasteiger partial charge in [-0.3, -0.25) is 0 Å². The van der Waals surface area contributed by atoms with E-state index in [1.54, 1.807) is 0 Å². The Labute approximate surface area is 113 Å². The number of ether oxygens (including phenoxy) is 1. The summed E-state index contributed by atoms with van der Waals surface area (Å²) in [6, 6.07) is 4.15. The van der Waals surface area contributed by atoms with Crippen molar-refractivity contribution in [2.75, 3.05) is 24.7 Å². The summed E-state index contributed by atoms with van der Waals surface area (Å²) in [7, 11) is -3.89. The van der Waals surface area contributed by atoms with Crippen LogP contribution in [0.1, 0.15) is 0 Å². The molecule has 1 rings (SSSR count). The van der Waals surface area contributed by atoms with Gasteiger partial charge < -0.3 is 10.5 Å². The second-order valence-corrected chi connectivity index (χ2v) is 6.10. The van der Waals surface area contributed by atoms with E-state index in [9.17, 15) is 21.6 Å². The molecule has 2 N–H and O–H groups in total. The van der Waals surface area contributed by atoms with Crippen molar-refractivity contribution in [3.8, 4) is 0 Å². The standard InChI is InChI=1S/C10H11ClF3NO3S/c11-7-2-1-3-8(15)9(7)19(16,17)5-4-18-6-10(12,13)14/h1-3H,4-6,15H2. The number of nitrogen functional groups attached to an aromatic ring is 1. The van der Waals surface area contributed by atoms with Crippen LogP contribution < -0.4 is 5.73 Å². The van der Waals surface area contributed by atoms with Gasteiger partial charge in [0.2, 0.25) is 0 Å². The Hall–Kier alpha value is -0.990. The van der Waals surface area contributed by atoms with E-state index >= 15 is 0 Å². The topological polar surface area (TPSA) is 69.4 Å². The Morgan fingerprint density at radius 2 is 1.95 bits per heavy atom. The van der Waals surface area contributed by atoms with Gasteiger partial charge in [0, 0.05) is 0 Å². The van der Waals surface area contributed by atoms with Crippen LogP contribution in [-0.2, 0) is 14.6 Å². The van der Waals surface area contributed by atoms with Crippen LogP contribution in [0.4, 0.5) is 18.9 Å². The van der Waals surface area contributed by atoms with Gasteiger partial charge in [-0.1, -0.05) is 17.7 Å². The average molecular weight is 318 g/mol. The molecule has 4 nitrogen and oxygen atoms in total. The van der Waals surface area contributed by atoms with E-state index in [2.05, 4.69) is 4.74 Å². The molecule has 0 atom stereocenters. The lowest BCUT2D eigenvalue weighted by atomic mass is 10.3. The Bertz CT molecular complexity index is 525. The van der Waals surface area contributed by atoms with Crippen LogP contribution in [0.5, 0.6) is 0 Å². The number of hydrogen-bond donors (Lipinski definition) is 1. The number of anilines is 1. The fourth-order valence-electron chi connectivity index (χ4n) is 1.31. The lowest BCUT2D eigenvalue weighted by Crippen LogP contribution is -2.21. The number of alkyl halides is 3. The van der Waals surface area contributed by atoms with Gasteiger partial charge in [0.05, 0.1) is 23.1 Å². The molecule has 0 aliphatic carbocycles. The van der Waals surface area contributed by atoms with Crippen molar-refractivity contribution in [1.29, 1.82) is 0 Å². The molecule has 0 amide bonds. The first-order valence-corrected chi connectivity index (χ1v) is 7.08. The number of hydrogen-bond acceptors (Lipinski definition) is 4. The largest absolute Gasteiger partial charge is 0.411 e. The van der Waals surface area contributed by atoms with Crippen LogP contribution in [0.2, 0.25) is 5.02 Å². The summed E-state index contributed by atoms with van der Waals surface area (Å²) in [5.74, 6) is -0.628. The van der Waals surface area contributed by atoms with Crippen molar-refractivity contribution >= 4 is 27.1 Å². The third-order valence-electron chi connectivity index (χ3n) is 2.07. The molecule has 0 aliphatic heterocycles. The van der Waals surface area contributed by atoms with E-state index in [0.717, 1.165) is 0 Å². The predicted molar refractivity (Wildman–Crippen MR) is 64.8 cm³/mol. The minimum absolute atomic E-state index is 0.0525. The van der Waals surface area contributed by atoms with E-state index in [4.69, 9.17) is 17.3 Å². The van der Waals surface area contributed by atoms with E-state index in [1.165, 1.54) is 18.2 Å². The van der Waals surface area contributed by atoms with Gasteiger partial charge >= 0.3 is 6.18 Å². The van der Waals surface area contributed by atoms with Crippen LogP contribution in [0.15, 0.2) is 23.1 Å². The molecular formula is C10H11ClF3NO3S. The highest BCUT2D eigenvalue weighted by atomic mass is 35.5. The Balaban J connectivity index is 2.72. The van der Waals surface area contributed by atoms with E-state index in [0.29, 0.717) is 0 Å². The summed E-state index contributed by atoms with van der Waals surface area (Å²) in [5, 5.41) is -0.0733. The summed E-state index contributed by atoms with van der Waals surface area (Å²) >= 11 is 5.72. The van der Waals surface area contributed by atoms with Crippen molar-refractivity contribution in [1.82, 2.24) is 0 Å². The highest BCUT2D eigenvalue weighted by Crippen LogP contribution is 2.28. The predicted octanol–water partition coefficient (Wildman–Crippen LogP) is 2.27. The maximum absolute atomic E-state index is 11.9. The smallest absolute Gasteiger partial charge is 0.398 e. The van der Waals surface area contributed by atoms with Gasteiger partial charge in [-0.05, 0) is 12.1 Å². The summed E-state index contributed by atoms with van der Waals surface area (Å²) < 4.78 is 63.4. The molecular weight excluding hydrogens is 307 g/mol. The SMILES string of the molecule is Nc1cccc(Cl)c1S(=O)(=O)CCOCC(F)(F)F. The van der Waals surface area contributed by atoms with Crippen LogP contribution in [0.25, 0.3) is 0 Å². The summed E-state index contributed by atoms with van der Waals surface area (Å²) in [6.07, 6.45) is -4.49. The molecule has 19 heavy (non-hydrogen) atoms. The van der Waals surface area contributed by atoms with Gasteiger partial charge in [-0.25, -0.2) is 8.42 Å². The molecule has 0 saturated carbocycles. The summed E-state index contributed by atoms with van der Waals surface area (Å²) in [4.78, 5) is -0.285. The maximum atomic E-state index is 11.9. The summed E-state index contributed by atoms with van der Waals surface area (Å²) in [5.41, 5.74) is 5.44. The minimum atomic E-state index is -4.49. The van der Waals surface area contributed by atoms with Crippen molar-refractivity contribution in [2.45, 2.75) is 11.1 Å². The quantitative estimate of drug-likeness (QED) is 0.668. The fourth-order valence-corrected chi connectivity index (χ4v) is 3.18. The first kappa shape index (κ1) is 16.1. The number of benzene rings is 1. The van der Waals surface area contributed by atoms with Gasteiger partial charge in [0.1, 0.15) is 11.5 Å². The molecule has 9 heteroatoms. The average Bonchev–Trinajstić information content (AvgIpc) is 2.22. The third kappa shape index (κ3) is 4.88. The zero-order valence-electron chi connectivity index (χ0n) is 9.58. The molecule has 0 radical (unpaired) electrons. The zero-order valence-corrected chi connectivity index (χ0v) is 11.1. The molecule has 0 spiro atoms. The van der Waals surface area contributed by atoms with Gasteiger partial charge in [-0.2, -0.15) is 13.2 Å². The number of rotatable bonds is 5. The maximum Gasteiger partial charge on any atom is 0.411 e. The van der Waals surface area contributed by atoms with Crippen LogP contribution in [-0.4, -0.2) is 33.6 Å². The van der Waals surface area contributed by atoms with Crippen molar-refractivity contribution in [2.24, 2.45) is 0 Å². The first-order chi connectivity index (χ1) is 8.63. The molecule has 1 aromatic carbocycles. The van der Waals surface area contributed by atoms with E-state index < -0.39 is 35.0 Å². The number of nitrogens with two attached hydrogens (primary N) is 1. The monoisotopic (exact) mass is 317 g/mol. The molecule has 1 aromatic rings. The van der Waals surface area contributed by atoms with Crippen molar-refractivity contribution in [3.05, 3.63) is 23.2 Å². The minimum Gasteiger partial charge on any atom is -0.398 e. The van der Waals surface area contributed by atoms with Gasteiger partial charge in [0.15, 0.2) is 9.84 Å². The number of halogens is 4. The van der Waals surface area contributed by atoms with Gasteiger partial charge in [0.25, 0.3) is 0 Å². The normalized spacial score (nSPS) is 12.6. The molecule has 0 aromatic heterocycles. The second-order valence-electron chi connectivity index (χ2n) is 3.64.